The first-order valence-electron chi connectivity index (χ1n) is 9.48. The van der Waals surface area contributed by atoms with E-state index in [1.54, 1.807) is 19.1 Å². The SMILES string of the molecule is C[C@@H](/C=C/[C@@]1(O)[C@@H](C)C[C@@H](O)CC1(C)C)O[C@@H]1O[C@@H](CO)[C@@H](O)[C@@H](O)[C@@H]1O. The Kier molecular flexibility index (Phi) is 7.08. The molecule has 1 aliphatic carbocycles. The summed E-state index contributed by atoms with van der Waals surface area (Å²) in [5.41, 5.74) is -1.68. The molecule has 8 nitrogen and oxygen atoms in total. The van der Waals surface area contributed by atoms with Crippen molar-refractivity contribution in [3.05, 3.63) is 12.2 Å². The first-order chi connectivity index (χ1) is 12.4. The Morgan fingerprint density at radius 3 is 2.33 bits per heavy atom. The number of aliphatic hydroxyl groups excluding tert-OH is 5. The van der Waals surface area contributed by atoms with E-state index in [0.717, 1.165) is 0 Å². The summed E-state index contributed by atoms with van der Waals surface area (Å²) in [5, 5.41) is 60.1. The van der Waals surface area contributed by atoms with Gasteiger partial charge in [-0.1, -0.05) is 32.9 Å². The number of hydrogen-bond donors (Lipinski definition) is 6. The van der Waals surface area contributed by atoms with Gasteiger partial charge in [0.25, 0.3) is 0 Å². The van der Waals surface area contributed by atoms with Crippen LogP contribution in [0.5, 0.6) is 0 Å². The molecule has 1 aliphatic heterocycles. The Morgan fingerprint density at radius 1 is 1.15 bits per heavy atom. The maximum Gasteiger partial charge on any atom is 0.187 e. The zero-order chi connectivity index (χ0) is 20.6. The molecule has 158 valence electrons. The van der Waals surface area contributed by atoms with Gasteiger partial charge in [-0.3, -0.25) is 0 Å². The standard InChI is InChI=1S/C19H34O8/c1-10-7-12(21)8-18(3,4)19(10,25)6-5-11(2)26-17-16(24)15(23)14(22)13(9-20)27-17/h5-6,10-17,20-25H,7-9H2,1-4H3/b6-5+/t10-,11-,12+,13-,14+,15+,16-,17+,19+/m0/s1. The number of ether oxygens (including phenoxy) is 2. The molecule has 0 aromatic rings. The van der Waals surface area contributed by atoms with Gasteiger partial charge in [-0.05, 0) is 31.1 Å². The summed E-state index contributed by atoms with van der Waals surface area (Å²) in [6, 6.07) is 0. The molecule has 0 aromatic carbocycles. The van der Waals surface area contributed by atoms with Gasteiger partial charge in [-0.15, -0.1) is 0 Å². The quantitative estimate of drug-likeness (QED) is 0.339. The van der Waals surface area contributed by atoms with Crippen molar-refractivity contribution in [1.82, 2.24) is 0 Å². The van der Waals surface area contributed by atoms with Crippen LogP contribution >= 0.6 is 0 Å². The Hall–Kier alpha value is -0.580. The van der Waals surface area contributed by atoms with Gasteiger partial charge in [0.15, 0.2) is 6.29 Å². The van der Waals surface area contributed by atoms with E-state index in [9.17, 15) is 30.6 Å². The van der Waals surface area contributed by atoms with Crippen LogP contribution in [0.2, 0.25) is 0 Å². The second kappa shape index (κ2) is 8.42. The number of hydrogen-bond acceptors (Lipinski definition) is 8. The van der Waals surface area contributed by atoms with Crippen LogP contribution in [-0.4, -0.2) is 85.8 Å². The molecule has 0 aromatic heterocycles. The van der Waals surface area contributed by atoms with E-state index in [4.69, 9.17) is 9.47 Å². The fourth-order valence-electron chi connectivity index (χ4n) is 4.20. The number of rotatable bonds is 5. The van der Waals surface area contributed by atoms with Crippen LogP contribution in [0.3, 0.4) is 0 Å². The Bertz CT molecular complexity index is 522. The molecule has 6 N–H and O–H groups in total. The minimum absolute atomic E-state index is 0.160. The highest BCUT2D eigenvalue weighted by Gasteiger charge is 2.50. The second-order valence-corrected chi connectivity index (χ2v) is 8.60. The third-order valence-corrected chi connectivity index (χ3v) is 6.03. The molecular weight excluding hydrogens is 356 g/mol. The lowest BCUT2D eigenvalue weighted by Crippen LogP contribution is -2.59. The minimum atomic E-state index is -1.50. The Morgan fingerprint density at radius 2 is 1.78 bits per heavy atom. The first kappa shape index (κ1) is 22.7. The first-order valence-corrected chi connectivity index (χ1v) is 9.48. The highest BCUT2D eigenvalue weighted by Crippen LogP contribution is 2.48. The maximum absolute atomic E-state index is 11.2. The summed E-state index contributed by atoms with van der Waals surface area (Å²) in [5.74, 6) is -0.160. The third kappa shape index (κ3) is 4.54. The van der Waals surface area contributed by atoms with E-state index in [1.807, 2.05) is 20.8 Å². The van der Waals surface area contributed by atoms with Gasteiger partial charge in [-0.2, -0.15) is 0 Å². The van der Waals surface area contributed by atoms with E-state index in [1.165, 1.54) is 0 Å². The van der Waals surface area contributed by atoms with Crippen molar-refractivity contribution in [3.63, 3.8) is 0 Å². The molecule has 2 aliphatic rings. The molecule has 27 heavy (non-hydrogen) atoms. The molecule has 8 heteroatoms. The van der Waals surface area contributed by atoms with Crippen molar-refractivity contribution >= 4 is 0 Å². The van der Waals surface area contributed by atoms with Crippen LogP contribution in [0, 0.1) is 11.3 Å². The van der Waals surface area contributed by atoms with Crippen molar-refractivity contribution in [3.8, 4) is 0 Å². The summed E-state index contributed by atoms with van der Waals surface area (Å²) < 4.78 is 10.9. The maximum atomic E-state index is 11.2. The molecule has 1 saturated carbocycles. The molecule has 0 amide bonds. The summed E-state index contributed by atoms with van der Waals surface area (Å²) in [7, 11) is 0. The fraction of sp³-hybridized carbons (Fsp3) is 0.895. The lowest BCUT2D eigenvalue weighted by atomic mass is 9.60. The average Bonchev–Trinajstić information content (AvgIpc) is 2.58. The molecule has 1 heterocycles. The summed E-state index contributed by atoms with van der Waals surface area (Å²) in [4.78, 5) is 0. The molecular formula is C19H34O8. The minimum Gasteiger partial charge on any atom is -0.394 e. The van der Waals surface area contributed by atoms with Crippen molar-refractivity contribution < 1.29 is 40.1 Å². The second-order valence-electron chi connectivity index (χ2n) is 8.60. The predicted molar refractivity (Wildman–Crippen MR) is 96.6 cm³/mol. The van der Waals surface area contributed by atoms with Gasteiger partial charge < -0.3 is 40.1 Å². The van der Waals surface area contributed by atoms with E-state index >= 15 is 0 Å². The van der Waals surface area contributed by atoms with Crippen molar-refractivity contribution in [2.75, 3.05) is 6.61 Å². The van der Waals surface area contributed by atoms with Crippen LogP contribution in [0.1, 0.15) is 40.5 Å². The highest BCUT2D eigenvalue weighted by molar-refractivity contribution is 5.15. The molecule has 1 saturated heterocycles. The van der Waals surface area contributed by atoms with E-state index in [0.29, 0.717) is 12.8 Å². The van der Waals surface area contributed by atoms with Crippen LogP contribution < -0.4 is 0 Å². The van der Waals surface area contributed by atoms with Crippen LogP contribution in [0.4, 0.5) is 0 Å². The molecule has 9 atom stereocenters. The van der Waals surface area contributed by atoms with E-state index in [2.05, 4.69) is 0 Å². The lowest BCUT2D eigenvalue weighted by molar-refractivity contribution is -0.306. The van der Waals surface area contributed by atoms with E-state index in [-0.39, 0.29) is 5.92 Å². The highest BCUT2D eigenvalue weighted by atomic mass is 16.7. The van der Waals surface area contributed by atoms with Crippen molar-refractivity contribution in [2.24, 2.45) is 11.3 Å². The monoisotopic (exact) mass is 390 g/mol. The van der Waals surface area contributed by atoms with Crippen LogP contribution in [0.25, 0.3) is 0 Å². The van der Waals surface area contributed by atoms with Gasteiger partial charge in [-0.25, -0.2) is 0 Å². The molecule has 0 spiro atoms. The third-order valence-electron chi connectivity index (χ3n) is 6.03. The van der Waals surface area contributed by atoms with Gasteiger partial charge in [0.05, 0.1) is 24.4 Å². The molecule has 0 bridgehead atoms. The van der Waals surface area contributed by atoms with Crippen LogP contribution in [0.15, 0.2) is 12.2 Å². The van der Waals surface area contributed by atoms with Crippen LogP contribution in [-0.2, 0) is 9.47 Å². The number of aliphatic hydroxyl groups is 6. The smallest absolute Gasteiger partial charge is 0.187 e. The molecule has 2 rings (SSSR count). The Balaban J connectivity index is 2.07. The van der Waals surface area contributed by atoms with Gasteiger partial charge >= 0.3 is 0 Å². The zero-order valence-electron chi connectivity index (χ0n) is 16.4. The fourth-order valence-corrected chi connectivity index (χ4v) is 4.20. The van der Waals surface area contributed by atoms with E-state index < -0.39 is 60.5 Å². The zero-order valence-corrected chi connectivity index (χ0v) is 16.4. The summed E-state index contributed by atoms with van der Waals surface area (Å²) in [6.45, 7) is 6.86. The molecule has 0 radical (unpaired) electrons. The average molecular weight is 390 g/mol. The van der Waals surface area contributed by atoms with Crippen molar-refractivity contribution in [1.29, 1.82) is 0 Å². The molecule has 0 unspecified atom stereocenters. The van der Waals surface area contributed by atoms with Crippen molar-refractivity contribution in [2.45, 2.75) is 89.1 Å². The summed E-state index contributed by atoms with van der Waals surface area (Å²) in [6.07, 6.45) is -3.42. The molecule has 2 fully saturated rings. The van der Waals surface area contributed by atoms with Gasteiger partial charge in [0, 0.05) is 0 Å². The normalized spacial score (nSPS) is 46.5. The summed E-state index contributed by atoms with van der Waals surface area (Å²) >= 11 is 0. The van der Waals surface area contributed by atoms with Gasteiger partial charge in [0.1, 0.15) is 24.4 Å². The predicted octanol–water partition coefficient (Wildman–Crippen LogP) is -0.704. The Labute approximate surface area is 160 Å². The topological polar surface area (TPSA) is 140 Å². The lowest BCUT2D eigenvalue weighted by Gasteiger charge is -2.50. The largest absolute Gasteiger partial charge is 0.394 e. The van der Waals surface area contributed by atoms with Gasteiger partial charge in [0.2, 0.25) is 0 Å².